The molecule has 0 fully saturated rings. The third-order valence-electron chi connectivity index (χ3n) is 3.74. The van der Waals surface area contributed by atoms with Crippen molar-refractivity contribution in [1.82, 2.24) is 0 Å². The summed E-state index contributed by atoms with van der Waals surface area (Å²) in [6, 6.07) is -2.19. The minimum Gasteiger partial charge on any atom is -0.219 e. The monoisotopic (exact) mass is 490 g/mol. The fourth-order valence-electron chi connectivity index (χ4n) is 2.30. The summed E-state index contributed by atoms with van der Waals surface area (Å²) in [5.74, 6) is 0. The molecule has 2 nitrogen and oxygen atoms in total. The van der Waals surface area contributed by atoms with E-state index in [4.69, 9.17) is 0 Å². The van der Waals surface area contributed by atoms with Crippen molar-refractivity contribution in [3.8, 4) is 0 Å². The summed E-state index contributed by atoms with van der Waals surface area (Å²) in [5.41, 5.74) is -8.49. The lowest BCUT2D eigenvalue weighted by molar-refractivity contribution is -0.144. The molecule has 2 aromatic rings. The minimum atomic E-state index is -5.67. The van der Waals surface area contributed by atoms with Gasteiger partial charge in [0, 0.05) is 0 Å². The summed E-state index contributed by atoms with van der Waals surface area (Å²) in [4.78, 5) is -3.58. The Kier molecular flexibility index (Phi) is 5.85. The molecule has 0 radical (unpaired) electrons. The highest BCUT2D eigenvalue weighted by Crippen LogP contribution is 2.41. The van der Waals surface area contributed by atoms with Gasteiger partial charge >= 0.3 is 24.7 Å². The van der Waals surface area contributed by atoms with Crippen molar-refractivity contribution in [3.63, 3.8) is 0 Å². The molecule has 0 N–H and O–H groups in total. The number of hydrogen-bond donors (Lipinski definition) is 0. The molecule has 0 unspecified atom stereocenters. The summed E-state index contributed by atoms with van der Waals surface area (Å²) in [6.07, 6.45) is -22.0. The number of benzene rings is 2. The number of sulfone groups is 1. The molecule has 0 heterocycles. The van der Waals surface area contributed by atoms with E-state index in [1.807, 2.05) is 0 Å². The quantitative estimate of drug-likeness (QED) is 0.445. The molecule has 2 aromatic carbocycles. The van der Waals surface area contributed by atoms with Crippen LogP contribution in [-0.2, 0) is 34.5 Å². The minimum absolute atomic E-state index is 0.321. The zero-order valence-electron chi connectivity index (χ0n) is 14.2. The lowest BCUT2D eigenvalue weighted by atomic mass is 10.1. The van der Waals surface area contributed by atoms with Crippen LogP contribution in [0.4, 0.5) is 52.7 Å². The van der Waals surface area contributed by atoms with E-state index in [0.29, 0.717) is 0 Å². The van der Waals surface area contributed by atoms with E-state index >= 15 is 0 Å². The molecule has 0 aromatic heterocycles. The Morgan fingerprint density at radius 2 is 0.613 bits per heavy atom. The van der Waals surface area contributed by atoms with E-state index in [1.54, 1.807) is 0 Å². The Morgan fingerprint density at radius 1 is 0.419 bits per heavy atom. The Labute approximate surface area is 165 Å². The zero-order valence-corrected chi connectivity index (χ0v) is 15.0. The fraction of sp³-hybridized carbons (Fsp3) is 0.250. The Hall–Kier alpha value is -2.45. The number of halogens is 12. The predicted molar refractivity (Wildman–Crippen MR) is 78.3 cm³/mol. The first kappa shape index (κ1) is 24.8. The summed E-state index contributed by atoms with van der Waals surface area (Å²) in [7, 11) is -5.67. The fourth-order valence-corrected chi connectivity index (χ4v) is 3.70. The van der Waals surface area contributed by atoms with Crippen molar-refractivity contribution < 1.29 is 61.1 Å². The number of rotatable bonds is 2. The number of hydrogen-bond acceptors (Lipinski definition) is 2. The molecule has 0 aliphatic rings. The van der Waals surface area contributed by atoms with E-state index in [2.05, 4.69) is 0 Å². The van der Waals surface area contributed by atoms with Gasteiger partial charge in [-0.15, -0.1) is 0 Å². The van der Waals surface area contributed by atoms with Crippen LogP contribution in [-0.4, -0.2) is 8.42 Å². The average Bonchev–Trinajstić information content (AvgIpc) is 2.58. The first-order valence-corrected chi connectivity index (χ1v) is 8.96. The molecule has 0 aliphatic carbocycles. The molecule has 0 saturated carbocycles. The Balaban J connectivity index is 2.87. The van der Waals surface area contributed by atoms with Crippen LogP contribution >= 0.6 is 0 Å². The second-order valence-electron chi connectivity index (χ2n) is 5.99. The second-order valence-corrected chi connectivity index (χ2v) is 7.94. The normalized spacial score (nSPS) is 14.1. The molecule has 0 aliphatic heterocycles. The summed E-state index contributed by atoms with van der Waals surface area (Å²) in [5, 5.41) is 0. The van der Waals surface area contributed by atoms with Gasteiger partial charge in [0.05, 0.1) is 32.0 Å². The van der Waals surface area contributed by atoms with Gasteiger partial charge in [0.15, 0.2) is 0 Å². The molecule has 0 atom stereocenters. The maximum Gasteiger partial charge on any atom is 0.416 e. The highest BCUT2D eigenvalue weighted by molar-refractivity contribution is 7.91. The van der Waals surface area contributed by atoms with E-state index in [9.17, 15) is 61.1 Å². The lowest BCUT2D eigenvalue weighted by Gasteiger charge is -2.16. The summed E-state index contributed by atoms with van der Waals surface area (Å²) >= 11 is 0. The van der Waals surface area contributed by atoms with Crippen molar-refractivity contribution in [2.75, 3.05) is 0 Å². The molecule has 0 amide bonds. The third kappa shape index (κ3) is 5.43. The van der Waals surface area contributed by atoms with Gasteiger partial charge in [-0.3, -0.25) is 0 Å². The largest absolute Gasteiger partial charge is 0.416 e. The maximum atomic E-state index is 12.9. The Bertz CT molecular complexity index is 944. The molecule has 31 heavy (non-hydrogen) atoms. The molecule has 0 bridgehead atoms. The highest BCUT2D eigenvalue weighted by atomic mass is 32.2. The average molecular weight is 490 g/mol. The first-order chi connectivity index (χ1) is 13.6. The van der Waals surface area contributed by atoms with Crippen LogP contribution in [0.2, 0.25) is 0 Å². The highest BCUT2D eigenvalue weighted by Gasteiger charge is 2.41. The third-order valence-corrected chi connectivity index (χ3v) is 5.46. The molecule has 0 spiro atoms. The smallest absolute Gasteiger partial charge is 0.219 e. The first-order valence-electron chi connectivity index (χ1n) is 7.47. The van der Waals surface area contributed by atoms with Gasteiger partial charge in [-0.1, -0.05) is 0 Å². The predicted octanol–water partition coefficient (Wildman–Crippen LogP) is 6.59. The van der Waals surface area contributed by atoms with Gasteiger partial charge in [0.1, 0.15) is 0 Å². The molecule has 15 heteroatoms. The van der Waals surface area contributed by atoms with Gasteiger partial charge in [0.25, 0.3) is 0 Å². The van der Waals surface area contributed by atoms with E-state index in [0.717, 1.165) is 0 Å². The van der Waals surface area contributed by atoms with Crippen LogP contribution in [0.15, 0.2) is 46.2 Å². The van der Waals surface area contributed by atoms with Crippen LogP contribution in [0, 0.1) is 0 Å². The van der Waals surface area contributed by atoms with Gasteiger partial charge in [-0.2, -0.15) is 52.7 Å². The van der Waals surface area contributed by atoms with Crippen molar-refractivity contribution in [1.29, 1.82) is 0 Å². The van der Waals surface area contributed by atoms with Crippen LogP contribution in [0.25, 0.3) is 0 Å². The molecule has 172 valence electrons. The molecule has 0 saturated heterocycles. The van der Waals surface area contributed by atoms with Crippen LogP contribution < -0.4 is 0 Å². The lowest BCUT2D eigenvalue weighted by Crippen LogP contribution is -2.16. The van der Waals surface area contributed by atoms with E-state index in [1.165, 1.54) is 0 Å². The summed E-state index contributed by atoms with van der Waals surface area (Å²) < 4.78 is 180. The SMILES string of the molecule is O=S(=O)(c1cc(C(F)(F)F)cc(C(F)(F)F)c1)c1cc(C(F)(F)F)cc(C(F)(F)F)c1. The van der Waals surface area contributed by atoms with Gasteiger partial charge in [0.2, 0.25) is 9.84 Å². The maximum absolute atomic E-state index is 12.9. The van der Waals surface area contributed by atoms with Gasteiger partial charge in [-0.25, -0.2) is 8.42 Å². The second kappa shape index (κ2) is 7.31. The zero-order chi connectivity index (χ0) is 24.2. The van der Waals surface area contributed by atoms with Crippen LogP contribution in [0.3, 0.4) is 0 Å². The van der Waals surface area contributed by atoms with Crippen molar-refractivity contribution in [2.45, 2.75) is 34.5 Å². The van der Waals surface area contributed by atoms with Crippen LogP contribution in [0.5, 0.6) is 0 Å². The summed E-state index contributed by atoms with van der Waals surface area (Å²) in [6.45, 7) is 0. The van der Waals surface area contributed by atoms with Crippen molar-refractivity contribution in [3.05, 3.63) is 58.7 Å². The van der Waals surface area contributed by atoms with E-state index in [-0.39, 0.29) is 24.3 Å². The standard InChI is InChI=1S/C16H6F12O2S/c17-13(18,19)7-1-8(14(20,21)22)4-11(3-7)31(29,30)12-5-9(15(23,24)25)2-10(6-12)16(26,27)28/h1-6H. The van der Waals surface area contributed by atoms with E-state index < -0.39 is 78.7 Å². The molecular weight excluding hydrogens is 484 g/mol. The van der Waals surface area contributed by atoms with Crippen LogP contribution in [0.1, 0.15) is 22.3 Å². The van der Waals surface area contributed by atoms with Crippen molar-refractivity contribution in [2.24, 2.45) is 0 Å². The topological polar surface area (TPSA) is 34.1 Å². The van der Waals surface area contributed by atoms with Gasteiger partial charge in [-0.05, 0) is 36.4 Å². The Morgan fingerprint density at radius 3 is 0.774 bits per heavy atom. The van der Waals surface area contributed by atoms with Crippen molar-refractivity contribution >= 4 is 9.84 Å². The molecular formula is C16H6F12O2S. The van der Waals surface area contributed by atoms with Gasteiger partial charge < -0.3 is 0 Å². The number of alkyl halides is 12. The molecule has 2 rings (SSSR count).